The van der Waals surface area contributed by atoms with Crippen molar-refractivity contribution in [3.8, 4) is 0 Å². The molecule has 1 aromatic rings. The maximum absolute atomic E-state index is 4.40. The molecule has 0 radical (unpaired) electrons. The first-order valence-corrected chi connectivity index (χ1v) is 8.37. The Bertz CT molecular complexity index is 354. The first-order valence-electron chi connectivity index (χ1n) is 7.49. The summed E-state index contributed by atoms with van der Waals surface area (Å²) < 4.78 is 0. The van der Waals surface area contributed by atoms with Crippen molar-refractivity contribution in [1.29, 1.82) is 0 Å². The maximum atomic E-state index is 4.40. The molecule has 1 aromatic heterocycles. The molecule has 3 rings (SSSR count). The van der Waals surface area contributed by atoms with Crippen LogP contribution >= 0.6 is 11.3 Å². The van der Waals surface area contributed by atoms with Crippen molar-refractivity contribution >= 4 is 16.5 Å². The SMILES string of the molecule is c1csc(N2CCN(CCC3CCNCC3)CC2)n1. The molecule has 0 unspecified atom stereocenters. The fraction of sp³-hybridized carbons (Fsp3) is 0.786. The molecule has 2 saturated heterocycles. The van der Waals surface area contributed by atoms with Crippen LogP contribution in [0, 0.1) is 5.92 Å². The molecule has 0 aliphatic carbocycles. The van der Waals surface area contributed by atoms with Crippen LogP contribution in [-0.2, 0) is 0 Å². The van der Waals surface area contributed by atoms with E-state index < -0.39 is 0 Å². The minimum absolute atomic E-state index is 0.957. The van der Waals surface area contributed by atoms with Crippen LogP contribution in [0.15, 0.2) is 11.6 Å². The predicted molar refractivity (Wildman–Crippen MR) is 81.0 cm³/mol. The molecule has 2 aliphatic rings. The minimum atomic E-state index is 0.957. The van der Waals surface area contributed by atoms with Crippen molar-refractivity contribution in [3.63, 3.8) is 0 Å². The monoisotopic (exact) mass is 280 g/mol. The van der Waals surface area contributed by atoms with Crippen LogP contribution in [0.2, 0.25) is 0 Å². The molecule has 106 valence electrons. The molecule has 0 atom stereocenters. The van der Waals surface area contributed by atoms with E-state index in [9.17, 15) is 0 Å². The average molecular weight is 280 g/mol. The van der Waals surface area contributed by atoms with E-state index >= 15 is 0 Å². The summed E-state index contributed by atoms with van der Waals surface area (Å²) in [6, 6.07) is 0. The lowest BCUT2D eigenvalue weighted by Gasteiger charge is -2.35. The van der Waals surface area contributed by atoms with Gasteiger partial charge in [-0.05, 0) is 44.8 Å². The number of hydrogen-bond acceptors (Lipinski definition) is 5. The van der Waals surface area contributed by atoms with Crippen LogP contribution < -0.4 is 10.2 Å². The van der Waals surface area contributed by atoms with Crippen LogP contribution in [0.3, 0.4) is 0 Å². The number of piperidine rings is 1. The zero-order valence-corrected chi connectivity index (χ0v) is 12.4. The van der Waals surface area contributed by atoms with Gasteiger partial charge >= 0.3 is 0 Å². The molecule has 4 nitrogen and oxygen atoms in total. The Morgan fingerprint density at radius 2 is 2.00 bits per heavy atom. The standard InChI is InChI=1S/C14H24N4S/c1-4-15-5-2-13(1)3-7-17-8-10-18(11-9-17)14-16-6-12-19-14/h6,12-13,15H,1-5,7-11H2. The van der Waals surface area contributed by atoms with Crippen molar-refractivity contribution in [3.05, 3.63) is 11.6 Å². The summed E-state index contributed by atoms with van der Waals surface area (Å²) in [6.45, 7) is 8.41. The van der Waals surface area contributed by atoms with E-state index in [0.717, 1.165) is 19.0 Å². The number of nitrogens with zero attached hydrogens (tertiary/aromatic N) is 3. The lowest BCUT2D eigenvalue weighted by molar-refractivity contribution is 0.224. The number of nitrogens with one attached hydrogen (secondary N) is 1. The predicted octanol–water partition coefficient (Wildman–Crippen LogP) is 1.65. The first-order chi connectivity index (χ1) is 9.42. The average Bonchev–Trinajstić information content (AvgIpc) is 3.01. The third-order valence-electron chi connectivity index (χ3n) is 4.37. The Labute approximate surface area is 119 Å². The number of piperazine rings is 1. The number of anilines is 1. The van der Waals surface area contributed by atoms with Gasteiger partial charge in [0, 0.05) is 37.8 Å². The molecule has 0 bridgehead atoms. The molecule has 19 heavy (non-hydrogen) atoms. The molecule has 2 aliphatic heterocycles. The molecule has 2 fully saturated rings. The van der Waals surface area contributed by atoms with Gasteiger partial charge in [-0.25, -0.2) is 4.98 Å². The summed E-state index contributed by atoms with van der Waals surface area (Å²) in [7, 11) is 0. The van der Waals surface area contributed by atoms with Gasteiger partial charge in [-0.15, -0.1) is 11.3 Å². The fourth-order valence-electron chi connectivity index (χ4n) is 3.07. The van der Waals surface area contributed by atoms with Gasteiger partial charge in [0.25, 0.3) is 0 Å². The summed E-state index contributed by atoms with van der Waals surface area (Å²) in [5.41, 5.74) is 0. The smallest absolute Gasteiger partial charge is 0.185 e. The Morgan fingerprint density at radius 3 is 2.68 bits per heavy atom. The van der Waals surface area contributed by atoms with Crippen LogP contribution in [0.5, 0.6) is 0 Å². The largest absolute Gasteiger partial charge is 0.346 e. The van der Waals surface area contributed by atoms with Crippen molar-refractivity contribution in [2.24, 2.45) is 5.92 Å². The summed E-state index contributed by atoms with van der Waals surface area (Å²) in [4.78, 5) is 9.46. The fourth-order valence-corrected chi connectivity index (χ4v) is 3.77. The molecule has 0 spiro atoms. The summed E-state index contributed by atoms with van der Waals surface area (Å²) in [6.07, 6.45) is 6.04. The summed E-state index contributed by atoms with van der Waals surface area (Å²) in [5, 5.41) is 6.71. The third kappa shape index (κ3) is 3.68. The van der Waals surface area contributed by atoms with E-state index in [0.29, 0.717) is 0 Å². The molecule has 0 aromatic carbocycles. The highest BCUT2D eigenvalue weighted by Gasteiger charge is 2.20. The quantitative estimate of drug-likeness (QED) is 0.909. The number of aromatic nitrogens is 1. The van der Waals surface area contributed by atoms with E-state index in [2.05, 4.69) is 25.5 Å². The second-order valence-electron chi connectivity index (χ2n) is 5.63. The number of rotatable bonds is 4. The van der Waals surface area contributed by atoms with E-state index in [4.69, 9.17) is 0 Å². The highest BCUT2D eigenvalue weighted by Crippen LogP contribution is 2.20. The summed E-state index contributed by atoms with van der Waals surface area (Å²) in [5.74, 6) is 0.957. The van der Waals surface area contributed by atoms with E-state index in [1.54, 1.807) is 11.3 Å². The first kappa shape index (κ1) is 13.3. The van der Waals surface area contributed by atoms with Crippen LogP contribution in [0.4, 0.5) is 5.13 Å². The topological polar surface area (TPSA) is 31.4 Å². The van der Waals surface area contributed by atoms with Crippen molar-refractivity contribution in [2.75, 3.05) is 50.7 Å². The second kappa shape index (κ2) is 6.68. The van der Waals surface area contributed by atoms with Gasteiger partial charge in [0.05, 0.1) is 0 Å². The Morgan fingerprint density at radius 1 is 1.21 bits per heavy atom. The number of thiazole rings is 1. The molecule has 5 heteroatoms. The van der Waals surface area contributed by atoms with E-state index in [1.165, 1.54) is 57.1 Å². The van der Waals surface area contributed by atoms with Crippen LogP contribution in [0.1, 0.15) is 19.3 Å². The zero-order chi connectivity index (χ0) is 12.9. The van der Waals surface area contributed by atoms with E-state index in [-0.39, 0.29) is 0 Å². The van der Waals surface area contributed by atoms with Gasteiger partial charge in [0.2, 0.25) is 0 Å². The molecule has 0 amide bonds. The molecule has 1 N–H and O–H groups in total. The highest BCUT2D eigenvalue weighted by atomic mass is 32.1. The lowest BCUT2D eigenvalue weighted by atomic mass is 9.94. The van der Waals surface area contributed by atoms with Gasteiger partial charge in [-0.2, -0.15) is 0 Å². The number of hydrogen-bond donors (Lipinski definition) is 1. The van der Waals surface area contributed by atoms with Gasteiger partial charge in [0.1, 0.15) is 0 Å². The van der Waals surface area contributed by atoms with Gasteiger partial charge in [-0.1, -0.05) is 0 Å². The Balaban J connectivity index is 1.38. The highest BCUT2D eigenvalue weighted by molar-refractivity contribution is 7.13. The van der Waals surface area contributed by atoms with Gasteiger partial charge < -0.3 is 10.2 Å². The van der Waals surface area contributed by atoms with Crippen LogP contribution in [-0.4, -0.2) is 55.7 Å². The minimum Gasteiger partial charge on any atom is -0.346 e. The maximum Gasteiger partial charge on any atom is 0.185 e. The normalized spacial score (nSPS) is 22.8. The molecule has 3 heterocycles. The Kier molecular flexibility index (Phi) is 4.69. The van der Waals surface area contributed by atoms with Crippen molar-refractivity contribution in [1.82, 2.24) is 15.2 Å². The van der Waals surface area contributed by atoms with E-state index in [1.807, 2.05) is 6.20 Å². The molecular formula is C14H24N4S. The molecule has 0 saturated carbocycles. The van der Waals surface area contributed by atoms with Crippen molar-refractivity contribution in [2.45, 2.75) is 19.3 Å². The second-order valence-corrected chi connectivity index (χ2v) is 6.50. The Hall–Kier alpha value is -0.650. The van der Waals surface area contributed by atoms with Crippen molar-refractivity contribution < 1.29 is 0 Å². The van der Waals surface area contributed by atoms with Gasteiger partial charge in [-0.3, -0.25) is 4.90 Å². The summed E-state index contributed by atoms with van der Waals surface area (Å²) >= 11 is 1.76. The van der Waals surface area contributed by atoms with Crippen LogP contribution in [0.25, 0.3) is 0 Å². The molecular weight excluding hydrogens is 256 g/mol. The zero-order valence-electron chi connectivity index (χ0n) is 11.6. The van der Waals surface area contributed by atoms with Gasteiger partial charge in [0.15, 0.2) is 5.13 Å². The third-order valence-corrected chi connectivity index (χ3v) is 5.21. The lowest BCUT2D eigenvalue weighted by Crippen LogP contribution is -2.47.